The molecule has 2 aromatic rings. The summed E-state index contributed by atoms with van der Waals surface area (Å²) >= 11 is 1.26. The SMILES string of the molecule is CCCN(CCC)C(=O)c1cccnc1SCC(=O)Nc1ccc2c(c1)OCO2. The molecule has 1 aromatic carbocycles. The Kier molecular flexibility index (Phi) is 7.35. The lowest BCUT2D eigenvalue weighted by molar-refractivity contribution is -0.113. The minimum atomic E-state index is -0.183. The molecule has 3 rings (SSSR count). The number of benzene rings is 1. The van der Waals surface area contributed by atoms with Gasteiger partial charge in [0, 0.05) is 31.0 Å². The first-order valence-electron chi connectivity index (χ1n) is 9.69. The molecule has 1 aromatic heterocycles. The van der Waals surface area contributed by atoms with Gasteiger partial charge in [-0.05, 0) is 37.1 Å². The summed E-state index contributed by atoms with van der Waals surface area (Å²) in [4.78, 5) is 31.5. The van der Waals surface area contributed by atoms with Crippen molar-refractivity contribution in [3.05, 3.63) is 42.1 Å². The largest absolute Gasteiger partial charge is 0.454 e. The van der Waals surface area contributed by atoms with Crippen molar-refractivity contribution >= 4 is 29.3 Å². The van der Waals surface area contributed by atoms with Gasteiger partial charge < -0.3 is 19.7 Å². The Labute approximate surface area is 174 Å². The molecule has 154 valence electrons. The molecule has 1 aliphatic heterocycles. The minimum absolute atomic E-state index is 0.0412. The van der Waals surface area contributed by atoms with Crippen LogP contribution in [-0.2, 0) is 4.79 Å². The highest BCUT2D eigenvalue weighted by Gasteiger charge is 2.20. The average Bonchev–Trinajstić information content (AvgIpc) is 3.20. The van der Waals surface area contributed by atoms with Gasteiger partial charge >= 0.3 is 0 Å². The molecule has 0 bridgehead atoms. The van der Waals surface area contributed by atoms with E-state index in [1.807, 2.05) is 4.90 Å². The fraction of sp³-hybridized carbons (Fsp3) is 0.381. The molecule has 1 N–H and O–H groups in total. The molecule has 0 atom stereocenters. The number of hydrogen-bond donors (Lipinski definition) is 1. The van der Waals surface area contributed by atoms with E-state index in [1.165, 1.54) is 11.8 Å². The van der Waals surface area contributed by atoms with Crippen molar-refractivity contribution in [2.24, 2.45) is 0 Å². The maximum atomic E-state index is 12.9. The molecule has 0 spiro atoms. The molecule has 0 radical (unpaired) electrons. The Bertz CT molecular complexity index is 869. The van der Waals surface area contributed by atoms with Crippen molar-refractivity contribution in [3.63, 3.8) is 0 Å². The van der Waals surface area contributed by atoms with Crippen LogP contribution in [0.5, 0.6) is 11.5 Å². The predicted molar refractivity (Wildman–Crippen MR) is 113 cm³/mol. The van der Waals surface area contributed by atoms with E-state index in [0.29, 0.717) is 40.9 Å². The number of ether oxygens (including phenoxy) is 2. The fourth-order valence-electron chi connectivity index (χ4n) is 3.00. The van der Waals surface area contributed by atoms with Gasteiger partial charge in [-0.2, -0.15) is 0 Å². The Morgan fingerprint density at radius 3 is 2.66 bits per heavy atom. The van der Waals surface area contributed by atoms with Crippen LogP contribution in [0.3, 0.4) is 0 Å². The van der Waals surface area contributed by atoms with E-state index in [9.17, 15) is 9.59 Å². The number of carbonyl (C=O) groups excluding carboxylic acids is 2. The topological polar surface area (TPSA) is 80.8 Å². The highest BCUT2D eigenvalue weighted by molar-refractivity contribution is 8.00. The Hall–Kier alpha value is -2.74. The summed E-state index contributed by atoms with van der Waals surface area (Å²) in [6.07, 6.45) is 3.43. The lowest BCUT2D eigenvalue weighted by Crippen LogP contribution is -2.33. The lowest BCUT2D eigenvalue weighted by atomic mass is 10.2. The van der Waals surface area contributed by atoms with Gasteiger partial charge in [-0.25, -0.2) is 4.98 Å². The van der Waals surface area contributed by atoms with Crippen LogP contribution in [0.25, 0.3) is 0 Å². The third-order valence-corrected chi connectivity index (χ3v) is 5.28. The molecule has 0 unspecified atom stereocenters. The molecular weight excluding hydrogens is 390 g/mol. The number of fused-ring (bicyclic) bond motifs is 1. The van der Waals surface area contributed by atoms with E-state index in [0.717, 1.165) is 12.8 Å². The fourth-order valence-corrected chi connectivity index (χ4v) is 3.79. The number of amides is 2. The van der Waals surface area contributed by atoms with Crippen LogP contribution in [0.1, 0.15) is 37.0 Å². The number of anilines is 1. The van der Waals surface area contributed by atoms with E-state index in [1.54, 1.807) is 36.5 Å². The summed E-state index contributed by atoms with van der Waals surface area (Å²) in [6, 6.07) is 8.77. The van der Waals surface area contributed by atoms with Crippen LogP contribution in [0, 0.1) is 0 Å². The monoisotopic (exact) mass is 415 g/mol. The summed E-state index contributed by atoms with van der Waals surface area (Å²) in [5, 5.41) is 3.40. The quantitative estimate of drug-likeness (QED) is 0.628. The molecule has 2 heterocycles. The van der Waals surface area contributed by atoms with Crippen molar-refractivity contribution in [3.8, 4) is 11.5 Å². The molecule has 0 saturated carbocycles. The number of rotatable bonds is 9. The summed E-state index contributed by atoms with van der Waals surface area (Å²) < 4.78 is 10.6. The number of hydrogen-bond acceptors (Lipinski definition) is 6. The molecule has 29 heavy (non-hydrogen) atoms. The molecule has 7 nitrogen and oxygen atoms in total. The maximum absolute atomic E-state index is 12.9. The Morgan fingerprint density at radius 2 is 1.90 bits per heavy atom. The number of thioether (sulfide) groups is 1. The van der Waals surface area contributed by atoms with Crippen molar-refractivity contribution in [2.75, 3.05) is 31.0 Å². The van der Waals surface area contributed by atoms with Gasteiger partial charge in [0.1, 0.15) is 5.03 Å². The van der Waals surface area contributed by atoms with E-state index in [4.69, 9.17) is 9.47 Å². The van der Waals surface area contributed by atoms with Crippen LogP contribution in [0.15, 0.2) is 41.6 Å². The Balaban J connectivity index is 1.63. The van der Waals surface area contributed by atoms with Crippen LogP contribution in [-0.4, -0.2) is 47.3 Å². The zero-order chi connectivity index (χ0) is 20.6. The van der Waals surface area contributed by atoms with Gasteiger partial charge in [0.2, 0.25) is 12.7 Å². The lowest BCUT2D eigenvalue weighted by Gasteiger charge is -2.22. The smallest absolute Gasteiger partial charge is 0.256 e. The van der Waals surface area contributed by atoms with E-state index in [2.05, 4.69) is 24.1 Å². The van der Waals surface area contributed by atoms with E-state index < -0.39 is 0 Å². The van der Waals surface area contributed by atoms with E-state index >= 15 is 0 Å². The van der Waals surface area contributed by atoms with Crippen molar-refractivity contribution in [1.29, 1.82) is 0 Å². The maximum Gasteiger partial charge on any atom is 0.256 e. The number of carbonyl (C=O) groups is 2. The summed E-state index contributed by atoms with van der Waals surface area (Å²) in [5.41, 5.74) is 1.17. The zero-order valence-electron chi connectivity index (χ0n) is 16.6. The molecule has 0 saturated heterocycles. The number of pyridine rings is 1. The first-order chi connectivity index (χ1) is 14.1. The third-order valence-electron chi connectivity index (χ3n) is 4.27. The van der Waals surface area contributed by atoms with Gasteiger partial charge in [-0.1, -0.05) is 25.6 Å². The number of nitrogens with one attached hydrogen (secondary N) is 1. The summed E-state index contributed by atoms with van der Waals surface area (Å²) in [5.74, 6) is 1.20. The van der Waals surface area contributed by atoms with E-state index in [-0.39, 0.29) is 24.4 Å². The second-order valence-corrected chi connectivity index (χ2v) is 7.52. The van der Waals surface area contributed by atoms with Gasteiger partial charge in [0.15, 0.2) is 11.5 Å². The van der Waals surface area contributed by atoms with Gasteiger partial charge in [-0.3, -0.25) is 9.59 Å². The molecule has 1 aliphatic rings. The number of aromatic nitrogens is 1. The molecule has 8 heteroatoms. The van der Waals surface area contributed by atoms with Crippen molar-refractivity contribution in [2.45, 2.75) is 31.7 Å². The van der Waals surface area contributed by atoms with Gasteiger partial charge in [0.05, 0.1) is 11.3 Å². The minimum Gasteiger partial charge on any atom is -0.454 e. The highest BCUT2D eigenvalue weighted by Crippen LogP contribution is 2.34. The summed E-state index contributed by atoms with van der Waals surface area (Å²) in [7, 11) is 0. The van der Waals surface area contributed by atoms with Gasteiger partial charge in [0.25, 0.3) is 5.91 Å². The first-order valence-corrected chi connectivity index (χ1v) is 10.7. The first kappa shape index (κ1) is 21.0. The van der Waals surface area contributed by atoms with Gasteiger partial charge in [-0.15, -0.1) is 0 Å². The molecular formula is C21H25N3O4S. The average molecular weight is 416 g/mol. The van der Waals surface area contributed by atoms with Crippen molar-refractivity contribution < 1.29 is 19.1 Å². The molecule has 0 aliphatic carbocycles. The summed E-state index contributed by atoms with van der Waals surface area (Å²) in [6.45, 7) is 5.70. The third kappa shape index (κ3) is 5.41. The second-order valence-electron chi connectivity index (χ2n) is 6.55. The zero-order valence-corrected chi connectivity index (χ0v) is 17.5. The normalized spacial score (nSPS) is 11.9. The van der Waals surface area contributed by atoms with Crippen LogP contribution in [0.2, 0.25) is 0 Å². The Morgan fingerprint density at radius 1 is 1.14 bits per heavy atom. The second kappa shape index (κ2) is 10.2. The molecule has 0 fully saturated rings. The standard InChI is InChI=1S/C21H25N3O4S/c1-3-10-24(11-4-2)21(26)16-6-5-9-22-20(16)29-13-19(25)23-15-7-8-17-18(12-15)28-14-27-17/h5-9,12H,3-4,10-11,13-14H2,1-2H3,(H,23,25). The van der Waals surface area contributed by atoms with Crippen LogP contribution < -0.4 is 14.8 Å². The van der Waals surface area contributed by atoms with Crippen molar-refractivity contribution in [1.82, 2.24) is 9.88 Å². The van der Waals surface area contributed by atoms with Crippen LogP contribution >= 0.6 is 11.8 Å². The predicted octanol–water partition coefficient (Wildman–Crippen LogP) is 3.80. The highest BCUT2D eigenvalue weighted by atomic mass is 32.2. The number of nitrogens with zero attached hydrogens (tertiary/aromatic N) is 2. The van der Waals surface area contributed by atoms with Crippen LogP contribution in [0.4, 0.5) is 5.69 Å². The molecule has 2 amide bonds.